The second-order valence-electron chi connectivity index (χ2n) is 6.91. The van der Waals surface area contributed by atoms with E-state index in [1.807, 2.05) is 48.5 Å². The smallest absolute Gasteiger partial charge is 0.257 e. The minimum absolute atomic E-state index is 0.00532. The number of fused-ring (bicyclic) bond motifs is 1. The van der Waals surface area contributed by atoms with Gasteiger partial charge in [0.25, 0.3) is 5.91 Å². The summed E-state index contributed by atoms with van der Waals surface area (Å²) in [5.41, 5.74) is 9.81. The number of piperidine rings is 1. The molecule has 0 aliphatic carbocycles. The first kappa shape index (κ1) is 17.1. The summed E-state index contributed by atoms with van der Waals surface area (Å²) in [6, 6.07) is 15.7. The van der Waals surface area contributed by atoms with Crippen molar-refractivity contribution in [1.82, 2.24) is 0 Å². The number of carbonyl (C=O) groups is 2. The molecular weight excluding hydrogens is 340 g/mol. The van der Waals surface area contributed by atoms with Crippen LogP contribution in [-0.2, 0) is 9.59 Å². The van der Waals surface area contributed by atoms with E-state index in [4.69, 9.17) is 5.73 Å². The number of carbonyl (C=O) groups excluding carboxylic acids is 2. The average Bonchev–Trinajstić information content (AvgIpc) is 3.02. The van der Waals surface area contributed by atoms with Crippen LogP contribution in [-0.4, -0.2) is 24.9 Å². The van der Waals surface area contributed by atoms with E-state index >= 15 is 0 Å². The first-order valence-electron chi connectivity index (χ1n) is 9.13. The number of amides is 2. The maximum absolute atomic E-state index is 12.1. The van der Waals surface area contributed by atoms with Crippen LogP contribution in [0.15, 0.2) is 54.7 Å². The van der Waals surface area contributed by atoms with Crippen LogP contribution in [0.2, 0.25) is 0 Å². The number of para-hydroxylation sites is 1. The molecule has 2 aromatic rings. The predicted molar refractivity (Wildman–Crippen MR) is 107 cm³/mol. The maximum atomic E-state index is 12.1. The van der Waals surface area contributed by atoms with Crippen LogP contribution in [0.5, 0.6) is 0 Å². The molecule has 0 unspecified atom stereocenters. The Kier molecular flexibility index (Phi) is 4.54. The molecule has 0 atom stereocenters. The Bertz CT molecular complexity index is 897. The van der Waals surface area contributed by atoms with Crippen molar-refractivity contribution in [2.24, 2.45) is 11.7 Å². The Morgan fingerprint density at radius 3 is 2.52 bits per heavy atom. The molecule has 2 aliphatic heterocycles. The van der Waals surface area contributed by atoms with Crippen molar-refractivity contribution in [1.29, 1.82) is 0 Å². The van der Waals surface area contributed by atoms with Gasteiger partial charge in [-0.3, -0.25) is 9.59 Å². The van der Waals surface area contributed by atoms with Crippen molar-refractivity contribution < 1.29 is 9.59 Å². The molecule has 1 saturated heterocycles. The number of anilines is 3. The lowest BCUT2D eigenvalue weighted by Gasteiger charge is -2.32. The van der Waals surface area contributed by atoms with Crippen molar-refractivity contribution in [2.75, 3.05) is 28.6 Å². The number of nitrogens with one attached hydrogen (secondary N) is 2. The largest absolute Gasteiger partial charge is 0.371 e. The number of primary amides is 1. The lowest BCUT2D eigenvalue weighted by atomic mass is 9.96. The lowest BCUT2D eigenvalue weighted by molar-refractivity contribution is -0.122. The van der Waals surface area contributed by atoms with Crippen molar-refractivity contribution in [3.8, 4) is 0 Å². The van der Waals surface area contributed by atoms with Crippen LogP contribution >= 0.6 is 0 Å². The number of nitrogens with zero attached hydrogens (tertiary/aromatic N) is 1. The van der Waals surface area contributed by atoms with Gasteiger partial charge in [-0.2, -0.15) is 0 Å². The van der Waals surface area contributed by atoms with Gasteiger partial charge in [-0.25, -0.2) is 0 Å². The van der Waals surface area contributed by atoms with Crippen LogP contribution < -0.4 is 21.3 Å². The molecule has 6 nitrogen and oxygen atoms in total. The van der Waals surface area contributed by atoms with Crippen molar-refractivity contribution in [3.63, 3.8) is 0 Å². The lowest BCUT2D eigenvalue weighted by Crippen LogP contribution is -2.38. The highest BCUT2D eigenvalue weighted by Gasteiger charge is 2.24. The normalized spacial score (nSPS) is 18.3. The third-order valence-electron chi connectivity index (χ3n) is 5.22. The van der Waals surface area contributed by atoms with Gasteiger partial charge in [-0.15, -0.1) is 0 Å². The summed E-state index contributed by atoms with van der Waals surface area (Å²) in [6.45, 7) is 1.67. The molecule has 4 N–H and O–H groups in total. The molecule has 2 aliphatic rings. The molecule has 138 valence electrons. The first-order valence-corrected chi connectivity index (χ1v) is 9.13. The van der Waals surface area contributed by atoms with Gasteiger partial charge in [-0.1, -0.05) is 18.2 Å². The Morgan fingerprint density at radius 2 is 1.81 bits per heavy atom. The second-order valence-corrected chi connectivity index (χ2v) is 6.91. The molecule has 6 heteroatoms. The van der Waals surface area contributed by atoms with Crippen LogP contribution in [0.4, 0.5) is 17.1 Å². The van der Waals surface area contributed by atoms with Gasteiger partial charge in [0.05, 0.1) is 5.57 Å². The summed E-state index contributed by atoms with van der Waals surface area (Å²) in [5.74, 6) is -0.299. The molecule has 0 saturated carbocycles. The monoisotopic (exact) mass is 362 g/mol. The Labute approximate surface area is 158 Å². The van der Waals surface area contributed by atoms with Gasteiger partial charge in [0.15, 0.2) is 0 Å². The van der Waals surface area contributed by atoms with E-state index in [2.05, 4.69) is 15.5 Å². The summed E-state index contributed by atoms with van der Waals surface area (Å²) in [5, 5.41) is 6.07. The quantitative estimate of drug-likeness (QED) is 0.730. The highest BCUT2D eigenvalue weighted by atomic mass is 16.2. The zero-order valence-electron chi connectivity index (χ0n) is 14.9. The molecular formula is C21H22N4O2. The zero-order chi connectivity index (χ0) is 18.8. The van der Waals surface area contributed by atoms with Gasteiger partial charge in [0.1, 0.15) is 0 Å². The van der Waals surface area contributed by atoms with E-state index in [0.29, 0.717) is 5.57 Å². The molecule has 2 aromatic carbocycles. The minimum atomic E-state index is -0.195. The number of rotatable bonds is 4. The molecule has 4 rings (SSSR count). The topological polar surface area (TPSA) is 87.5 Å². The van der Waals surface area contributed by atoms with E-state index in [1.54, 1.807) is 6.20 Å². The highest BCUT2D eigenvalue weighted by Crippen LogP contribution is 2.31. The third-order valence-corrected chi connectivity index (χ3v) is 5.22. The van der Waals surface area contributed by atoms with Crippen molar-refractivity contribution >= 4 is 34.4 Å². The molecule has 1 fully saturated rings. The number of benzene rings is 2. The minimum Gasteiger partial charge on any atom is -0.371 e. The summed E-state index contributed by atoms with van der Waals surface area (Å²) in [4.78, 5) is 25.7. The van der Waals surface area contributed by atoms with Gasteiger partial charge in [0, 0.05) is 47.8 Å². The SMILES string of the molecule is NC(=O)C1CCN(c2ccc(N/C=C3\C(=O)Nc4ccccc43)cc2)CC1. The summed E-state index contributed by atoms with van der Waals surface area (Å²) in [7, 11) is 0. The Balaban J connectivity index is 1.42. The van der Waals surface area contributed by atoms with E-state index in [-0.39, 0.29) is 17.7 Å². The average molecular weight is 362 g/mol. The van der Waals surface area contributed by atoms with Crippen LogP contribution in [0.25, 0.3) is 5.57 Å². The van der Waals surface area contributed by atoms with Gasteiger partial charge < -0.3 is 21.3 Å². The summed E-state index contributed by atoms with van der Waals surface area (Å²) < 4.78 is 0. The van der Waals surface area contributed by atoms with Crippen LogP contribution in [0.1, 0.15) is 18.4 Å². The summed E-state index contributed by atoms with van der Waals surface area (Å²) >= 11 is 0. The van der Waals surface area contributed by atoms with Crippen molar-refractivity contribution in [2.45, 2.75) is 12.8 Å². The third kappa shape index (κ3) is 3.51. The fourth-order valence-corrected chi connectivity index (χ4v) is 3.63. The Hall–Kier alpha value is -3.28. The number of hydrogen-bond donors (Lipinski definition) is 3. The first-order chi connectivity index (χ1) is 13.1. The van der Waals surface area contributed by atoms with Gasteiger partial charge in [0.2, 0.25) is 5.91 Å². The molecule has 0 spiro atoms. The number of nitrogens with two attached hydrogens (primary N) is 1. The van der Waals surface area contributed by atoms with E-state index in [9.17, 15) is 9.59 Å². The molecule has 0 bridgehead atoms. The van der Waals surface area contributed by atoms with Gasteiger partial charge >= 0.3 is 0 Å². The van der Waals surface area contributed by atoms with E-state index in [1.165, 1.54) is 0 Å². The predicted octanol–water partition coefficient (Wildman–Crippen LogP) is 2.79. The highest BCUT2D eigenvalue weighted by molar-refractivity contribution is 6.31. The molecule has 2 heterocycles. The fourth-order valence-electron chi connectivity index (χ4n) is 3.63. The van der Waals surface area contributed by atoms with Crippen LogP contribution in [0, 0.1) is 5.92 Å². The standard InChI is InChI=1S/C21H22N4O2/c22-20(26)14-9-11-25(12-10-14)16-7-5-15(6-8-16)23-13-18-17-3-1-2-4-19(17)24-21(18)27/h1-8,13-14,23H,9-12H2,(H2,22,26)(H,24,27)/b18-13-. The molecule has 0 aromatic heterocycles. The maximum Gasteiger partial charge on any atom is 0.257 e. The van der Waals surface area contributed by atoms with E-state index < -0.39 is 0 Å². The van der Waals surface area contributed by atoms with E-state index in [0.717, 1.165) is 48.6 Å². The fraction of sp³-hybridized carbons (Fsp3) is 0.238. The van der Waals surface area contributed by atoms with Crippen LogP contribution in [0.3, 0.4) is 0 Å². The van der Waals surface area contributed by atoms with Crippen molar-refractivity contribution in [3.05, 3.63) is 60.3 Å². The second kappa shape index (κ2) is 7.15. The number of hydrogen-bond acceptors (Lipinski definition) is 4. The summed E-state index contributed by atoms with van der Waals surface area (Å²) in [6.07, 6.45) is 3.35. The molecule has 27 heavy (non-hydrogen) atoms. The molecule has 2 amide bonds. The molecule has 0 radical (unpaired) electrons. The zero-order valence-corrected chi connectivity index (χ0v) is 14.9. The van der Waals surface area contributed by atoms with Gasteiger partial charge in [-0.05, 0) is 43.2 Å². The Morgan fingerprint density at radius 1 is 1.11 bits per heavy atom.